The number of nitrogens with one attached hydrogen (secondary N) is 1. The molecule has 14 heavy (non-hydrogen) atoms. The SMILES string of the molecule is CC(C)c1ccc(N(C)CC=N)cc1. The van der Waals surface area contributed by atoms with Gasteiger partial charge in [-0.1, -0.05) is 26.0 Å². The molecule has 2 nitrogen and oxygen atoms in total. The summed E-state index contributed by atoms with van der Waals surface area (Å²) in [5, 5.41) is 7.03. The van der Waals surface area contributed by atoms with Gasteiger partial charge in [0.05, 0.1) is 6.54 Å². The van der Waals surface area contributed by atoms with Crippen molar-refractivity contribution in [3.63, 3.8) is 0 Å². The van der Waals surface area contributed by atoms with E-state index in [1.54, 1.807) is 0 Å². The van der Waals surface area contributed by atoms with E-state index in [9.17, 15) is 0 Å². The van der Waals surface area contributed by atoms with E-state index in [-0.39, 0.29) is 0 Å². The molecule has 0 aliphatic heterocycles. The molecule has 0 saturated carbocycles. The van der Waals surface area contributed by atoms with Gasteiger partial charge < -0.3 is 10.3 Å². The zero-order valence-electron chi connectivity index (χ0n) is 9.12. The summed E-state index contributed by atoms with van der Waals surface area (Å²) in [6.45, 7) is 5.05. The zero-order chi connectivity index (χ0) is 10.6. The maximum absolute atomic E-state index is 7.03. The Morgan fingerprint density at radius 2 is 1.86 bits per heavy atom. The van der Waals surface area contributed by atoms with Crippen molar-refractivity contribution in [1.29, 1.82) is 5.41 Å². The van der Waals surface area contributed by atoms with Crippen LogP contribution < -0.4 is 4.90 Å². The van der Waals surface area contributed by atoms with Gasteiger partial charge in [-0.05, 0) is 23.6 Å². The van der Waals surface area contributed by atoms with Crippen LogP contribution in [0.15, 0.2) is 24.3 Å². The second-order valence-electron chi connectivity index (χ2n) is 3.83. The second-order valence-corrected chi connectivity index (χ2v) is 3.83. The highest BCUT2D eigenvalue weighted by atomic mass is 15.1. The minimum atomic E-state index is 0.581. The summed E-state index contributed by atoms with van der Waals surface area (Å²) < 4.78 is 0. The van der Waals surface area contributed by atoms with E-state index in [2.05, 4.69) is 43.0 Å². The lowest BCUT2D eigenvalue weighted by molar-refractivity contribution is 0.866. The molecular weight excluding hydrogens is 172 g/mol. The van der Waals surface area contributed by atoms with Gasteiger partial charge in [-0.15, -0.1) is 0 Å². The van der Waals surface area contributed by atoms with Crippen LogP contribution >= 0.6 is 0 Å². The van der Waals surface area contributed by atoms with Gasteiger partial charge in [-0.25, -0.2) is 0 Å². The summed E-state index contributed by atoms with van der Waals surface area (Å²) in [5.74, 6) is 0.581. The van der Waals surface area contributed by atoms with Crippen molar-refractivity contribution in [1.82, 2.24) is 0 Å². The van der Waals surface area contributed by atoms with Gasteiger partial charge in [-0.2, -0.15) is 0 Å². The van der Waals surface area contributed by atoms with Crippen LogP contribution in [0, 0.1) is 5.41 Å². The third kappa shape index (κ3) is 2.59. The molecule has 1 aromatic rings. The Morgan fingerprint density at radius 3 is 2.29 bits per heavy atom. The van der Waals surface area contributed by atoms with Crippen LogP contribution in [-0.4, -0.2) is 19.8 Å². The zero-order valence-corrected chi connectivity index (χ0v) is 9.12. The number of benzene rings is 1. The molecule has 0 unspecified atom stereocenters. The first kappa shape index (κ1) is 10.8. The molecule has 0 aromatic heterocycles. The first-order valence-electron chi connectivity index (χ1n) is 4.95. The number of nitrogens with zero attached hydrogens (tertiary/aromatic N) is 1. The van der Waals surface area contributed by atoms with Gasteiger partial charge in [-0.3, -0.25) is 0 Å². The van der Waals surface area contributed by atoms with E-state index in [4.69, 9.17) is 5.41 Å². The molecule has 1 rings (SSSR count). The predicted molar refractivity (Wildman–Crippen MR) is 62.6 cm³/mol. The molecule has 0 atom stereocenters. The highest BCUT2D eigenvalue weighted by Crippen LogP contribution is 2.18. The van der Waals surface area contributed by atoms with E-state index < -0.39 is 0 Å². The maximum atomic E-state index is 7.03. The largest absolute Gasteiger partial charge is 0.369 e. The summed E-state index contributed by atoms with van der Waals surface area (Å²) >= 11 is 0. The minimum Gasteiger partial charge on any atom is -0.369 e. The van der Waals surface area contributed by atoms with Crippen molar-refractivity contribution in [2.45, 2.75) is 19.8 Å². The number of anilines is 1. The molecule has 1 N–H and O–H groups in total. The fraction of sp³-hybridized carbons (Fsp3) is 0.417. The van der Waals surface area contributed by atoms with Crippen molar-refractivity contribution in [3.8, 4) is 0 Å². The molecule has 0 spiro atoms. The van der Waals surface area contributed by atoms with Gasteiger partial charge in [0.25, 0.3) is 0 Å². The smallest absolute Gasteiger partial charge is 0.0522 e. The molecule has 0 saturated heterocycles. The van der Waals surface area contributed by atoms with Crippen LogP contribution in [0.5, 0.6) is 0 Å². The molecule has 0 amide bonds. The van der Waals surface area contributed by atoms with E-state index in [1.807, 2.05) is 7.05 Å². The predicted octanol–water partition coefficient (Wildman–Crippen LogP) is 2.90. The van der Waals surface area contributed by atoms with Crippen molar-refractivity contribution < 1.29 is 0 Å². The third-order valence-corrected chi connectivity index (χ3v) is 2.37. The molecule has 0 aliphatic carbocycles. The Labute approximate surface area is 86.1 Å². The molecule has 1 aromatic carbocycles. The summed E-state index contributed by atoms with van der Waals surface area (Å²) in [6, 6.07) is 8.53. The summed E-state index contributed by atoms with van der Waals surface area (Å²) in [5.41, 5.74) is 2.52. The summed E-state index contributed by atoms with van der Waals surface area (Å²) in [4.78, 5) is 2.05. The average Bonchev–Trinajstić information content (AvgIpc) is 2.18. The first-order chi connectivity index (χ1) is 6.65. The Hall–Kier alpha value is -1.31. The second kappa shape index (κ2) is 4.80. The van der Waals surface area contributed by atoms with Crippen molar-refractivity contribution in [3.05, 3.63) is 29.8 Å². The fourth-order valence-electron chi connectivity index (χ4n) is 1.36. The van der Waals surface area contributed by atoms with Crippen LogP contribution in [0.4, 0.5) is 5.69 Å². The summed E-state index contributed by atoms with van der Waals surface area (Å²) in [6.07, 6.45) is 1.41. The van der Waals surface area contributed by atoms with E-state index >= 15 is 0 Å². The number of hydrogen-bond donors (Lipinski definition) is 1. The molecule has 76 valence electrons. The average molecular weight is 190 g/mol. The van der Waals surface area contributed by atoms with E-state index in [1.165, 1.54) is 11.8 Å². The fourth-order valence-corrected chi connectivity index (χ4v) is 1.36. The molecule has 0 fully saturated rings. The Kier molecular flexibility index (Phi) is 3.69. The Bertz CT molecular complexity index is 288. The van der Waals surface area contributed by atoms with Gasteiger partial charge in [0, 0.05) is 18.9 Å². The molecule has 0 bridgehead atoms. The molecular formula is C12H18N2. The quantitative estimate of drug-likeness (QED) is 0.726. The lowest BCUT2D eigenvalue weighted by Gasteiger charge is -2.17. The van der Waals surface area contributed by atoms with Crippen LogP contribution in [0.3, 0.4) is 0 Å². The standard InChI is InChI=1S/C12H18N2/c1-10(2)11-4-6-12(7-5-11)14(3)9-8-13/h4-8,10,13H,9H2,1-3H3. The topological polar surface area (TPSA) is 27.1 Å². The number of rotatable bonds is 4. The van der Waals surface area contributed by atoms with E-state index in [0.717, 1.165) is 5.69 Å². The molecule has 0 radical (unpaired) electrons. The van der Waals surface area contributed by atoms with Crippen molar-refractivity contribution in [2.75, 3.05) is 18.5 Å². The molecule has 2 heteroatoms. The Morgan fingerprint density at radius 1 is 1.29 bits per heavy atom. The van der Waals surface area contributed by atoms with Gasteiger partial charge in [0.15, 0.2) is 0 Å². The third-order valence-electron chi connectivity index (χ3n) is 2.37. The maximum Gasteiger partial charge on any atom is 0.0522 e. The first-order valence-corrected chi connectivity index (χ1v) is 4.95. The van der Waals surface area contributed by atoms with Crippen molar-refractivity contribution in [2.24, 2.45) is 0 Å². The highest BCUT2D eigenvalue weighted by Gasteiger charge is 2.01. The minimum absolute atomic E-state index is 0.581. The van der Waals surface area contributed by atoms with Gasteiger partial charge in [0.1, 0.15) is 0 Å². The van der Waals surface area contributed by atoms with Gasteiger partial charge >= 0.3 is 0 Å². The monoisotopic (exact) mass is 190 g/mol. The lowest BCUT2D eigenvalue weighted by Crippen LogP contribution is -2.18. The lowest BCUT2D eigenvalue weighted by atomic mass is 10.0. The summed E-state index contributed by atoms with van der Waals surface area (Å²) in [7, 11) is 2.00. The van der Waals surface area contributed by atoms with Crippen LogP contribution in [0.2, 0.25) is 0 Å². The molecule has 0 heterocycles. The van der Waals surface area contributed by atoms with Gasteiger partial charge in [0.2, 0.25) is 0 Å². The normalized spacial score (nSPS) is 10.3. The molecule has 0 aliphatic rings. The van der Waals surface area contributed by atoms with Crippen LogP contribution in [-0.2, 0) is 0 Å². The van der Waals surface area contributed by atoms with Crippen LogP contribution in [0.1, 0.15) is 25.3 Å². The number of hydrogen-bond acceptors (Lipinski definition) is 2. The van der Waals surface area contributed by atoms with Crippen molar-refractivity contribution >= 4 is 11.9 Å². The van der Waals surface area contributed by atoms with Crippen LogP contribution in [0.25, 0.3) is 0 Å². The highest BCUT2D eigenvalue weighted by molar-refractivity contribution is 5.63. The Balaban J connectivity index is 2.77. The van der Waals surface area contributed by atoms with E-state index in [0.29, 0.717) is 12.5 Å².